The fourth-order valence-electron chi connectivity index (χ4n) is 2.09. The van der Waals surface area contributed by atoms with E-state index in [1.165, 1.54) is 6.07 Å². The van der Waals surface area contributed by atoms with Gasteiger partial charge in [0.05, 0.1) is 5.56 Å². The van der Waals surface area contributed by atoms with Gasteiger partial charge < -0.3 is 10.2 Å². The molecule has 0 spiro atoms. The van der Waals surface area contributed by atoms with Crippen LogP contribution in [0.3, 0.4) is 0 Å². The van der Waals surface area contributed by atoms with E-state index >= 15 is 0 Å². The third-order valence-corrected chi connectivity index (χ3v) is 3.12. The largest absolute Gasteiger partial charge is 0.480 e. The molecule has 0 amide bonds. The summed E-state index contributed by atoms with van der Waals surface area (Å²) in [6.45, 7) is 0.161. The highest BCUT2D eigenvalue weighted by Gasteiger charge is 2.19. The van der Waals surface area contributed by atoms with Crippen molar-refractivity contribution in [1.29, 1.82) is 0 Å². The number of carboxylic acids is 2. The quantitative estimate of drug-likeness (QED) is 0.758. The smallest absolute Gasteiger partial charge is 0.336 e. The van der Waals surface area contributed by atoms with Crippen molar-refractivity contribution in [2.45, 2.75) is 12.6 Å². The normalized spacial score (nSPS) is 11.8. The zero-order valence-corrected chi connectivity index (χ0v) is 11.2. The van der Waals surface area contributed by atoms with Gasteiger partial charge in [0, 0.05) is 6.54 Å². The van der Waals surface area contributed by atoms with Gasteiger partial charge in [-0.3, -0.25) is 10.1 Å². The molecule has 0 aromatic heterocycles. The maximum Gasteiger partial charge on any atom is 0.336 e. The Morgan fingerprint density at radius 3 is 2.19 bits per heavy atom. The second-order valence-electron chi connectivity index (χ2n) is 4.53. The number of carboxylic acid groups (broad SMARTS) is 2. The molecule has 0 bridgehead atoms. The molecule has 0 saturated carbocycles. The van der Waals surface area contributed by atoms with E-state index in [0.29, 0.717) is 11.1 Å². The van der Waals surface area contributed by atoms with Crippen molar-refractivity contribution in [2.75, 3.05) is 0 Å². The Bertz CT molecular complexity index is 640. The van der Waals surface area contributed by atoms with Gasteiger partial charge >= 0.3 is 11.9 Å². The third-order valence-electron chi connectivity index (χ3n) is 3.12. The van der Waals surface area contributed by atoms with Gasteiger partial charge in [0.15, 0.2) is 0 Å². The highest BCUT2D eigenvalue weighted by molar-refractivity contribution is 5.89. The van der Waals surface area contributed by atoms with E-state index in [1.54, 1.807) is 42.5 Å². The van der Waals surface area contributed by atoms with Gasteiger partial charge in [-0.25, -0.2) is 4.79 Å². The summed E-state index contributed by atoms with van der Waals surface area (Å²) >= 11 is 0. The van der Waals surface area contributed by atoms with Crippen LogP contribution in [-0.2, 0) is 11.3 Å². The number of aromatic carboxylic acids is 1. The van der Waals surface area contributed by atoms with Gasteiger partial charge in [-0.15, -0.1) is 0 Å². The molecule has 0 saturated heterocycles. The minimum atomic E-state index is -1.03. The van der Waals surface area contributed by atoms with Crippen LogP contribution in [0, 0.1) is 0 Å². The van der Waals surface area contributed by atoms with Gasteiger partial charge in [0.25, 0.3) is 0 Å². The SMILES string of the molecule is O=C(O)c1ccccc1CNC(C(=O)O)c1ccccc1. The highest BCUT2D eigenvalue weighted by Crippen LogP contribution is 2.15. The van der Waals surface area contributed by atoms with Crippen LogP contribution in [0.25, 0.3) is 0 Å². The van der Waals surface area contributed by atoms with Crippen LogP contribution in [0.15, 0.2) is 54.6 Å². The van der Waals surface area contributed by atoms with Crippen molar-refractivity contribution < 1.29 is 19.8 Å². The molecule has 1 unspecified atom stereocenters. The zero-order valence-electron chi connectivity index (χ0n) is 11.2. The van der Waals surface area contributed by atoms with Crippen LogP contribution in [0.2, 0.25) is 0 Å². The molecule has 21 heavy (non-hydrogen) atoms. The highest BCUT2D eigenvalue weighted by atomic mass is 16.4. The van der Waals surface area contributed by atoms with Crippen LogP contribution in [0.5, 0.6) is 0 Å². The Hall–Kier alpha value is -2.66. The predicted octanol–water partition coefficient (Wildman–Crippen LogP) is 2.30. The first-order chi connectivity index (χ1) is 10.1. The molecule has 1 atom stereocenters. The molecule has 0 aliphatic heterocycles. The molecular weight excluding hydrogens is 270 g/mol. The van der Waals surface area contributed by atoms with E-state index in [4.69, 9.17) is 5.11 Å². The zero-order chi connectivity index (χ0) is 15.2. The van der Waals surface area contributed by atoms with Crippen LogP contribution in [-0.4, -0.2) is 22.2 Å². The lowest BCUT2D eigenvalue weighted by atomic mass is 10.0. The average molecular weight is 285 g/mol. The maximum atomic E-state index is 11.4. The average Bonchev–Trinajstić information content (AvgIpc) is 2.48. The molecule has 0 radical (unpaired) electrons. The first-order valence-corrected chi connectivity index (χ1v) is 6.42. The van der Waals surface area contributed by atoms with E-state index in [-0.39, 0.29) is 12.1 Å². The number of aliphatic carboxylic acids is 1. The number of hydrogen-bond acceptors (Lipinski definition) is 3. The summed E-state index contributed by atoms with van der Waals surface area (Å²) in [5, 5.41) is 21.3. The van der Waals surface area contributed by atoms with Gasteiger partial charge in [0.1, 0.15) is 6.04 Å². The van der Waals surface area contributed by atoms with Crippen molar-refractivity contribution in [2.24, 2.45) is 0 Å². The summed E-state index contributed by atoms with van der Waals surface area (Å²) in [5.74, 6) is -2.03. The summed E-state index contributed by atoms with van der Waals surface area (Å²) in [5.41, 5.74) is 1.34. The van der Waals surface area contributed by atoms with E-state index in [0.717, 1.165) is 0 Å². The molecule has 0 aliphatic rings. The number of hydrogen-bond donors (Lipinski definition) is 3. The van der Waals surface area contributed by atoms with Gasteiger partial charge in [-0.1, -0.05) is 48.5 Å². The Morgan fingerprint density at radius 2 is 1.57 bits per heavy atom. The minimum absolute atomic E-state index is 0.161. The monoisotopic (exact) mass is 285 g/mol. The minimum Gasteiger partial charge on any atom is -0.480 e. The standard InChI is InChI=1S/C16H15NO4/c18-15(19)13-9-5-4-8-12(13)10-17-14(16(20)21)11-6-2-1-3-7-11/h1-9,14,17H,10H2,(H,18,19)(H,20,21). The first kappa shape index (κ1) is 14.7. The molecular formula is C16H15NO4. The summed E-state index contributed by atoms with van der Waals surface area (Å²) < 4.78 is 0. The van der Waals surface area contributed by atoms with Crippen molar-refractivity contribution in [3.8, 4) is 0 Å². The van der Waals surface area contributed by atoms with Gasteiger partial charge in [0.2, 0.25) is 0 Å². The Labute approximate surface area is 121 Å². The molecule has 0 fully saturated rings. The lowest BCUT2D eigenvalue weighted by molar-refractivity contribution is -0.139. The number of rotatable bonds is 6. The predicted molar refractivity (Wildman–Crippen MR) is 77.1 cm³/mol. The van der Waals surface area contributed by atoms with Gasteiger partial charge in [-0.2, -0.15) is 0 Å². The molecule has 0 heterocycles. The summed E-state index contributed by atoms with van der Waals surface area (Å²) in [6.07, 6.45) is 0. The van der Waals surface area contributed by atoms with E-state index in [2.05, 4.69) is 5.32 Å². The second-order valence-corrected chi connectivity index (χ2v) is 4.53. The number of nitrogens with one attached hydrogen (secondary N) is 1. The molecule has 108 valence electrons. The van der Waals surface area contributed by atoms with Crippen LogP contribution >= 0.6 is 0 Å². The lowest BCUT2D eigenvalue weighted by Crippen LogP contribution is -2.28. The molecule has 2 rings (SSSR count). The topological polar surface area (TPSA) is 86.6 Å². The Balaban J connectivity index is 2.17. The Morgan fingerprint density at radius 1 is 0.952 bits per heavy atom. The first-order valence-electron chi connectivity index (χ1n) is 6.42. The van der Waals surface area contributed by atoms with Crippen LogP contribution in [0.4, 0.5) is 0 Å². The summed E-state index contributed by atoms with van der Waals surface area (Å²) in [7, 11) is 0. The van der Waals surface area contributed by atoms with Crippen molar-refractivity contribution >= 4 is 11.9 Å². The lowest BCUT2D eigenvalue weighted by Gasteiger charge is -2.15. The van der Waals surface area contributed by atoms with E-state index in [1.807, 2.05) is 6.07 Å². The Kier molecular flexibility index (Phi) is 4.68. The summed E-state index contributed by atoms with van der Waals surface area (Å²) in [6, 6.07) is 14.4. The van der Waals surface area contributed by atoms with Crippen LogP contribution < -0.4 is 5.32 Å². The molecule has 5 heteroatoms. The number of benzene rings is 2. The van der Waals surface area contributed by atoms with Gasteiger partial charge in [-0.05, 0) is 17.2 Å². The third kappa shape index (κ3) is 3.67. The summed E-state index contributed by atoms with van der Waals surface area (Å²) in [4.78, 5) is 22.5. The molecule has 5 nitrogen and oxygen atoms in total. The van der Waals surface area contributed by atoms with Crippen molar-refractivity contribution in [3.05, 3.63) is 71.3 Å². The fraction of sp³-hybridized carbons (Fsp3) is 0.125. The van der Waals surface area contributed by atoms with E-state index in [9.17, 15) is 14.7 Å². The molecule has 0 aliphatic carbocycles. The van der Waals surface area contributed by atoms with Crippen molar-refractivity contribution in [3.63, 3.8) is 0 Å². The maximum absolute atomic E-state index is 11.4. The fourth-order valence-corrected chi connectivity index (χ4v) is 2.09. The van der Waals surface area contributed by atoms with Crippen molar-refractivity contribution in [1.82, 2.24) is 5.32 Å². The second kappa shape index (κ2) is 6.67. The number of carbonyl (C=O) groups is 2. The molecule has 2 aromatic rings. The molecule has 2 aromatic carbocycles. The molecule has 3 N–H and O–H groups in total. The van der Waals surface area contributed by atoms with E-state index < -0.39 is 18.0 Å². The van der Waals surface area contributed by atoms with Crippen LogP contribution in [0.1, 0.15) is 27.5 Å².